The molecular weight excluding hydrogens is 378 g/mol. The summed E-state index contributed by atoms with van der Waals surface area (Å²) in [6.45, 7) is 4.92. The number of halogens is 2. The average Bonchev–Trinajstić information content (AvgIpc) is 2.39. The van der Waals surface area contributed by atoms with Crippen LogP contribution < -0.4 is 5.73 Å². The van der Waals surface area contributed by atoms with E-state index in [-0.39, 0.29) is 17.0 Å². The van der Waals surface area contributed by atoms with Crippen LogP contribution in [0.4, 0.5) is 5.69 Å². The number of piperazine rings is 1. The molecule has 0 spiro atoms. The van der Waals surface area contributed by atoms with Gasteiger partial charge in [-0.25, -0.2) is 8.42 Å². The summed E-state index contributed by atoms with van der Waals surface area (Å²) in [7, 11) is -1.63. The van der Waals surface area contributed by atoms with Gasteiger partial charge in [-0.05, 0) is 49.0 Å². The molecule has 1 fully saturated rings. The number of anilines is 1. The van der Waals surface area contributed by atoms with Gasteiger partial charge in [-0.3, -0.25) is 4.90 Å². The second-order valence-corrected chi connectivity index (χ2v) is 8.63. The van der Waals surface area contributed by atoms with E-state index in [1.807, 2.05) is 20.9 Å². The Hall–Kier alpha value is -0.340. The van der Waals surface area contributed by atoms with Gasteiger partial charge in [-0.15, -0.1) is 0 Å². The number of sulfonamides is 1. The molecule has 2 N–H and O–H groups in total. The Morgan fingerprint density at radius 2 is 1.81 bits per heavy atom. The van der Waals surface area contributed by atoms with Crippen molar-refractivity contribution in [1.29, 1.82) is 0 Å². The third-order valence-corrected chi connectivity index (χ3v) is 7.20. The van der Waals surface area contributed by atoms with Crippen LogP contribution in [0.25, 0.3) is 0 Å². The molecule has 2 atom stereocenters. The summed E-state index contributed by atoms with van der Waals surface area (Å²) in [5.41, 5.74) is 6.12. The molecular formula is C13H19BrClN3O2S. The zero-order valence-electron chi connectivity index (χ0n) is 12.2. The van der Waals surface area contributed by atoms with Crippen molar-refractivity contribution in [3.05, 3.63) is 21.6 Å². The molecule has 1 aromatic rings. The van der Waals surface area contributed by atoms with Crippen molar-refractivity contribution in [3.8, 4) is 0 Å². The molecule has 1 saturated heterocycles. The first-order valence-corrected chi connectivity index (χ1v) is 9.22. The average molecular weight is 397 g/mol. The zero-order valence-corrected chi connectivity index (χ0v) is 15.3. The molecule has 0 aromatic heterocycles. The molecule has 118 valence electrons. The van der Waals surface area contributed by atoms with Crippen LogP contribution in [0.2, 0.25) is 5.02 Å². The fraction of sp³-hybridized carbons (Fsp3) is 0.538. The quantitative estimate of drug-likeness (QED) is 0.780. The highest BCUT2D eigenvalue weighted by Gasteiger charge is 2.35. The maximum atomic E-state index is 12.9. The van der Waals surface area contributed by atoms with E-state index in [9.17, 15) is 8.42 Å². The van der Waals surface area contributed by atoms with Crippen molar-refractivity contribution in [2.75, 3.05) is 25.9 Å². The van der Waals surface area contributed by atoms with Gasteiger partial charge in [0.15, 0.2) is 0 Å². The number of nitrogen functional groups attached to an aromatic ring is 1. The largest absolute Gasteiger partial charge is 0.398 e. The molecule has 0 aliphatic carbocycles. The van der Waals surface area contributed by atoms with Crippen LogP contribution in [0.1, 0.15) is 13.8 Å². The number of nitrogens with zero attached hydrogens (tertiary/aromatic N) is 2. The molecule has 1 aliphatic rings. The molecule has 1 aromatic carbocycles. The lowest BCUT2D eigenvalue weighted by Crippen LogP contribution is -2.56. The van der Waals surface area contributed by atoms with E-state index in [0.29, 0.717) is 28.3 Å². The molecule has 1 aliphatic heterocycles. The third-order valence-electron chi connectivity index (χ3n) is 3.98. The fourth-order valence-corrected chi connectivity index (χ4v) is 5.32. The summed E-state index contributed by atoms with van der Waals surface area (Å²) >= 11 is 9.21. The highest BCUT2D eigenvalue weighted by atomic mass is 79.9. The van der Waals surface area contributed by atoms with Gasteiger partial charge in [0.25, 0.3) is 0 Å². The fourth-order valence-electron chi connectivity index (χ4n) is 2.46. The normalized spacial score (nSPS) is 25.2. The predicted molar refractivity (Wildman–Crippen MR) is 89.0 cm³/mol. The van der Waals surface area contributed by atoms with Crippen LogP contribution in [0, 0.1) is 0 Å². The lowest BCUT2D eigenvalue weighted by molar-refractivity contribution is 0.105. The smallest absolute Gasteiger partial charge is 0.244 e. The van der Waals surface area contributed by atoms with E-state index in [1.165, 1.54) is 16.4 Å². The van der Waals surface area contributed by atoms with Crippen molar-refractivity contribution < 1.29 is 8.42 Å². The first-order valence-electron chi connectivity index (χ1n) is 6.61. The molecule has 2 rings (SSSR count). The minimum atomic E-state index is -3.63. The van der Waals surface area contributed by atoms with Gasteiger partial charge >= 0.3 is 0 Å². The first kappa shape index (κ1) is 17.0. The van der Waals surface area contributed by atoms with E-state index in [4.69, 9.17) is 17.3 Å². The van der Waals surface area contributed by atoms with Crippen molar-refractivity contribution >= 4 is 43.2 Å². The van der Waals surface area contributed by atoms with Gasteiger partial charge in [0, 0.05) is 35.9 Å². The summed E-state index contributed by atoms with van der Waals surface area (Å²) in [4.78, 5) is 2.30. The van der Waals surface area contributed by atoms with Gasteiger partial charge in [0.2, 0.25) is 10.0 Å². The summed E-state index contributed by atoms with van der Waals surface area (Å²) in [6.07, 6.45) is 0. The van der Waals surface area contributed by atoms with Crippen molar-refractivity contribution in [1.82, 2.24) is 9.21 Å². The Labute approximate surface area is 139 Å². The molecule has 5 nitrogen and oxygen atoms in total. The van der Waals surface area contributed by atoms with Gasteiger partial charge in [0.05, 0.1) is 9.37 Å². The topological polar surface area (TPSA) is 66.6 Å². The standard InChI is InChI=1S/C13H19BrClN3O2S/c1-8-6-18(7-9(2)17(8)3)21(19,20)12-5-10(15)4-11(16)13(12)14/h4-5,8-9H,6-7,16H2,1-3H3. The summed E-state index contributed by atoms with van der Waals surface area (Å²) in [5.74, 6) is 0. The second kappa shape index (κ2) is 6.04. The Morgan fingerprint density at radius 3 is 2.33 bits per heavy atom. The van der Waals surface area contributed by atoms with E-state index in [0.717, 1.165) is 0 Å². The first-order chi connectivity index (χ1) is 9.64. The molecule has 0 bridgehead atoms. The van der Waals surface area contributed by atoms with Crippen molar-refractivity contribution in [2.45, 2.75) is 30.8 Å². The summed E-state index contributed by atoms with van der Waals surface area (Å²) < 4.78 is 27.6. The SMILES string of the molecule is CC1CN(S(=O)(=O)c2cc(Cl)cc(N)c2Br)CC(C)N1C. The van der Waals surface area contributed by atoms with E-state index in [2.05, 4.69) is 20.8 Å². The highest BCUT2D eigenvalue weighted by molar-refractivity contribution is 9.10. The molecule has 0 radical (unpaired) electrons. The molecule has 8 heteroatoms. The van der Waals surface area contributed by atoms with Crippen LogP contribution in [0.5, 0.6) is 0 Å². The number of hydrogen-bond acceptors (Lipinski definition) is 4. The van der Waals surface area contributed by atoms with Crippen LogP contribution in [-0.2, 0) is 10.0 Å². The third kappa shape index (κ3) is 3.22. The van der Waals surface area contributed by atoms with E-state index < -0.39 is 10.0 Å². The highest BCUT2D eigenvalue weighted by Crippen LogP contribution is 2.34. The van der Waals surface area contributed by atoms with Crippen molar-refractivity contribution in [3.63, 3.8) is 0 Å². The Bertz CT molecular complexity index is 641. The van der Waals surface area contributed by atoms with Crippen LogP contribution in [0.3, 0.4) is 0 Å². The number of nitrogens with two attached hydrogens (primary N) is 1. The number of hydrogen-bond donors (Lipinski definition) is 1. The predicted octanol–water partition coefficient (Wildman–Crippen LogP) is 2.40. The molecule has 0 amide bonds. The number of benzene rings is 1. The molecule has 2 unspecified atom stereocenters. The minimum absolute atomic E-state index is 0.122. The maximum absolute atomic E-state index is 12.9. The van der Waals surface area contributed by atoms with Gasteiger partial charge in [0.1, 0.15) is 0 Å². The van der Waals surface area contributed by atoms with Crippen LogP contribution in [-0.4, -0.2) is 49.8 Å². The van der Waals surface area contributed by atoms with Gasteiger partial charge in [-0.1, -0.05) is 11.6 Å². The molecule has 21 heavy (non-hydrogen) atoms. The summed E-state index contributed by atoms with van der Waals surface area (Å²) in [5, 5.41) is 0.310. The van der Waals surface area contributed by atoms with Gasteiger partial charge in [-0.2, -0.15) is 4.31 Å². The van der Waals surface area contributed by atoms with E-state index in [1.54, 1.807) is 0 Å². The molecule has 0 saturated carbocycles. The zero-order chi connectivity index (χ0) is 15.9. The van der Waals surface area contributed by atoms with E-state index >= 15 is 0 Å². The van der Waals surface area contributed by atoms with Crippen LogP contribution >= 0.6 is 27.5 Å². The lowest BCUT2D eigenvalue weighted by Gasteiger charge is -2.41. The summed E-state index contributed by atoms with van der Waals surface area (Å²) in [6, 6.07) is 3.27. The lowest BCUT2D eigenvalue weighted by atomic mass is 10.1. The number of likely N-dealkylation sites (N-methyl/N-ethyl adjacent to an activating group) is 1. The Balaban J connectivity index is 2.44. The van der Waals surface area contributed by atoms with Crippen LogP contribution in [0.15, 0.2) is 21.5 Å². The van der Waals surface area contributed by atoms with Gasteiger partial charge < -0.3 is 5.73 Å². The Kier molecular flexibility index (Phi) is 4.90. The monoisotopic (exact) mass is 395 g/mol. The maximum Gasteiger partial charge on any atom is 0.244 e. The Morgan fingerprint density at radius 1 is 1.29 bits per heavy atom. The molecule has 1 heterocycles. The van der Waals surface area contributed by atoms with Crippen molar-refractivity contribution in [2.24, 2.45) is 0 Å². The number of rotatable bonds is 2. The minimum Gasteiger partial charge on any atom is -0.398 e. The second-order valence-electron chi connectivity index (χ2n) is 5.49.